The third-order valence-corrected chi connectivity index (χ3v) is 4.00. The van der Waals surface area contributed by atoms with Crippen molar-refractivity contribution in [3.63, 3.8) is 0 Å². The Bertz CT molecular complexity index is 349. The van der Waals surface area contributed by atoms with Gasteiger partial charge in [0.05, 0.1) is 0 Å². The normalized spacial score (nSPS) is 25.8. The molecule has 0 bridgehead atoms. The lowest BCUT2D eigenvalue weighted by atomic mass is 9.86. The Morgan fingerprint density at radius 3 is 2.26 bits per heavy atom. The molecule has 0 spiro atoms. The number of carbonyl (C=O) groups is 2. The Balaban J connectivity index is 2.66. The van der Waals surface area contributed by atoms with Crippen molar-refractivity contribution in [2.75, 3.05) is 13.1 Å². The molecule has 0 saturated carbocycles. The average Bonchev–Trinajstić information content (AvgIpc) is 2.27. The number of carboxylic acids is 1. The van der Waals surface area contributed by atoms with Gasteiger partial charge >= 0.3 is 12.0 Å². The van der Waals surface area contributed by atoms with Gasteiger partial charge in [-0.25, -0.2) is 9.59 Å². The van der Waals surface area contributed by atoms with Crippen molar-refractivity contribution in [2.24, 2.45) is 17.3 Å². The molecule has 1 heterocycles. The van der Waals surface area contributed by atoms with Gasteiger partial charge in [0.25, 0.3) is 0 Å². The maximum absolute atomic E-state index is 12.2. The van der Waals surface area contributed by atoms with E-state index in [0.29, 0.717) is 24.9 Å². The molecule has 0 radical (unpaired) electrons. The monoisotopic (exact) mass is 270 g/mol. The minimum absolute atomic E-state index is 0.263. The van der Waals surface area contributed by atoms with Gasteiger partial charge in [-0.1, -0.05) is 34.6 Å². The third kappa shape index (κ3) is 4.11. The van der Waals surface area contributed by atoms with Crippen molar-refractivity contribution < 1.29 is 14.7 Å². The second kappa shape index (κ2) is 5.80. The van der Waals surface area contributed by atoms with Crippen LogP contribution in [-0.4, -0.2) is 41.1 Å². The van der Waals surface area contributed by atoms with Gasteiger partial charge in [0.15, 0.2) is 0 Å². The van der Waals surface area contributed by atoms with Gasteiger partial charge in [0.1, 0.15) is 6.04 Å². The summed E-state index contributed by atoms with van der Waals surface area (Å²) in [5, 5.41) is 11.9. The summed E-state index contributed by atoms with van der Waals surface area (Å²) >= 11 is 0. The van der Waals surface area contributed by atoms with Crippen molar-refractivity contribution in [1.29, 1.82) is 0 Å². The molecular weight excluding hydrogens is 244 g/mol. The zero-order chi connectivity index (χ0) is 14.8. The Morgan fingerprint density at radius 2 is 1.84 bits per heavy atom. The molecule has 0 aromatic rings. The zero-order valence-corrected chi connectivity index (χ0v) is 12.6. The van der Waals surface area contributed by atoms with E-state index in [4.69, 9.17) is 0 Å². The highest BCUT2D eigenvalue weighted by molar-refractivity contribution is 5.83. The van der Waals surface area contributed by atoms with Crippen LogP contribution in [0.5, 0.6) is 0 Å². The lowest BCUT2D eigenvalue weighted by molar-refractivity contribution is -0.142. The van der Waals surface area contributed by atoms with Crippen LogP contribution in [0.2, 0.25) is 0 Å². The van der Waals surface area contributed by atoms with Crippen LogP contribution in [0.1, 0.15) is 41.0 Å². The minimum atomic E-state index is -0.987. The molecule has 2 unspecified atom stereocenters. The van der Waals surface area contributed by atoms with Crippen LogP contribution >= 0.6 is 0 Å². The van der Waals surface area contributed by atoms with Crippen LogP contribution in [0.3, 0.4) is 0 Å². The number of carboxylic acid groups (broad SMARTS) is 1. The standard InChI is InChI=1S/C14H26N2O3/c1-9-6-7-16(8-10(9)2)13(19)15-11(12(17)18)14(3,4)5/h9-11H,6-8H2,1-5H3,(H,15,19)(H,17,18)/t9?,10?,11-/m0/s1. The van der Waals surface area contributed by atoms with Gasteiger partial charge in [0, 0.05) is 13.1 Å². The van der Waals surface area contributed by atoms with E-state index in [-0.39, 0.29) is 6.03 Å². The molecule has 5 nitrogen and oxygen atoms in total. The summed E-state index contributed by atoms with van der Waals surface area (Å²) in [6, 6.07) is -1.13. The van der Waals surface area contributed by atoms with Gasteiger partial charge in [-0.3, -0.25) is 0 Å². The van der Waals surface area contributed by atoms with E-state index >= 15 is 0 Å². The van der Waals surface area contributed by atoms with Crippen LogP contribution in [0, 0.1) is 17.3 Å². The number of nitrogens with zero attached hydrogens (tertiary/aromatic N) is 1. The van der Waals surface area contributed by atoms with Gasteiger partial charge < -0.3 is 15.3 Å². The molecular formula is C14H26N2O3. The Labute approximate surface area is 115 Å². The first kappa shape index (κ1) is 15.8. The van der Waals surface area contributed by atoms with Crippen LogP contribution < -0.4 is 5.32 Å². The van der Waals surface area contributed by atoms with Gasteiger partial charge in [0.2, 0.25) is 0 Å². The number of piperidine rings is 1. The summed E-state index contributed by atoms with van der Waals surface area (Å²) < 4.78 is 0. The first-order valence-corrected chi connectivity index (χ1v) is 6.91. The molecule has 1 saturated heterocycles. The summed E-state index contributed by atoms with van der Waals surface area (Å²) in [6.45, 7) is 11.2. The van der Waals surface area contributed by atoms with E-state index < -0.39 is 17.4 Å². The molecule has 0 aromatic carbocycles. The Morgan fingerprint density at radius 1 is 1.26 bits per heavy atom. The fourth-order valence-electron chi connectivity index (χ4n) is 2.31. The maximum Gasteiger partial charge on any atom is 0.326 e. The first-order valence-electron chi connectivity index (χ1n) is 6.91. The van der Waals surface area contributed by atoms with Crippen molar-refractivity contribution in [3.8, 4) is 0 Å². The molecule has 0 aliphatic carbocycles. The fourth-order valence-corrected chi connectivity index (χ4v) is 2.31. The van der Waals surface area contributed by atoms with E-state index in [9.17, 15) is 14.7 Å². The van der Waals surface area contributed by atoms with E-state index in [0.717, 1.165) is 6.42 Å². The SMILES string of the molecule is CC1CCN(C(=O)N[C@@H](C(=O)O)C(C)(C)C)CC1C. The first-order chi connectivity index (χ1) is 8.62. The van der Waals surface area contributed by atoms with Crippen molar-refractivity contribution in [1.82, 2.24) is 10.2 Å². The quantitative estimate of drug-likeness (QED) is 0.808. The smallest absolute Gasteiger partial charge is 0.326 e. The number of rotatable bonds is 2. The number of carbonyl (C=O) groups excluding carboxylic acids is 1. The molecule has 1 aliphatic rings. The predicted molar refractivity (Wildman–Crippen MR) is 73.9 cm³/mol. The molecule has 5 heteroatoms. The maximum atomic E-state index is 12.2. The van der Waals surface area contributed by atoms with E-state index in [2.05, 4.69) is 19.2 Å². The average molecular weight is 270 g/mol. The summed E-state index contributed by atoms with van der Waals surface area (Å²) in [5.41, 5.74) is -0.504. The lowest BCUT2D eigenvalue weighted by Gasteiger charge is -2.37. The molecule has 2 amide bonds. The topological polar surface area (TPSA) is 69.6 Å². The van der Waals surface area contributed by atoms with Gasteiger partial charge in [-0.15, -0.1) is 0 Å². The molecule has 0 aromatic heterocycles. The molecule has 3 atom stereocenters. The highest BCUT2D eigenvalue weighted by Crippen LogP contribution is 2.23. The number of amides is 2. The fraction of sp³-hybridized carbons (Fsp3) is 0.857. The van der Waals surface area contributed by atoms with Crippen molar-refractivity contribution in [3.05, 3.63) is 0 Å². The Hall–Kier alpha value is -1.26. The number of likely N-dealkylation sites (tertiary alicyclic amines) is 1. The summed E-state index contributed by atoms with van der Waals surface area (Å²) in [7, 11) is 0. The number of urea groups is 1. The summed E-state index contributed by atoms with van der Waals surface area (Å²) in [5.74, 6) is 0.0821. The highest BCUT2D eigenvalue weighted by Gasteiger charge is 2.35. The molecule has 2 N–H and O–H groups in total. The van der Waals surface area contributed by atoms with Gasteiger partial charge in [-0.05, 0) is 23.7 Å². The second-order valence-electron chi connectivity index (χ2n) is 6.78. The number of nitrogens with one attached hydrogen (secondary N) is 1. The molecule has 110 valence electrons. The van der Waals surface area contributed by atoms with E-state index in [1.54, 1.807) is 4.90 Å². The second-order valence-corrected chi connectivity index (χ2v) is 6.78. The number of aliphatic carboxylic acids is 1. The highest BCUT2D eigenvalue weighted by atomic mass is 16.4. The predicted octanol–water partition coefficient (Wildman–Crippen LogP) is 2.17. The van der Waals surface area contributed by atoms with Gasteiger partial charge in [-0.2, -0.15) is 0 Å². The van der Waals surface area contributed by atoms with E-state index in [1.807, 2.05) is 20.8 Å². The minimum Gasteiger partial charge on any atom is -0.480 e. The zero-order valence-electron chi connectivity index (χ0n) is 12.6. The van der Waals surface area contributed by atoms with Crippen LogP contribution in [0.4, 0.5) is 4.79 Å². The van der Waals surface area contributed by atoms with Crippen LogP contribution in [-0.2, 0) is 4.79 Å². The lowest BCUT2D eigenvalue weighted by Crippen LogP contribution is -2.55. The van der Waals surface area contributed by atoms with Crippen LogP contribution in [0.15, 0.2) is 0 Å². The number of hydrogen-bond acceptors (Lipinski definition) is 2. The molecule has 1 rings (SSSR count). The summed E-state index contributed by atoms with van der Waals surface area (Å²) in [6.07, 6.45) is 0.974. The number of hydrogen-bond donors (Lipinski definition) is 2. The van der Waals surface area contributed by atoms with Crippen LogP contribution in [0.25, 0.3) is 0 Å². The molecule has 1 aliphatic heterocycles. The largest absolute Gasteiger partial charge is 0.480 e. The molecule has 19 heavy (non-hydrogen) atoms. The van der Waals surface area contributed by atoms with Crippen molar-refractivity contribution in [2.45, 2.75) is 47.1 Å². The Kier molecular flexibility index (Phi) is 4.82. The van der Waals surface area contributed by atoms with Crippen molar-refractivity contribution >= 4 is 12.0 Å². The third-order valence-electron chi connectivity index (χ3n) is 4.00. The molecule has 1 fully saturated rings. The summed E-state index contributed by atoms with van der Waals surface area (Å²) in [4.78, 5) is 25.1. The van der Waals surface area contributed by atoms with E-state index in [1.165, 1.54) is 0 Å².